The molecule has 1 rings (SSSR count). The maximum atomic E-state index is 9.59. The molecule has 0 saturated carbocycles. The number of azide groups is 1. The van der Waals surface area contributed by atoms with Crippen molar-refractivity contribution in [2.45, 2.75) is 30.6 Å². The van der Waals surface area contributed by atoms with Gasteiger partial charge in [-0.2, -0.15) is 0 Å². The van der Waals surface area contributed by atoms with Crippen molar-refractivity contribution in [3.05, 3.63) is 10.4 Å². The summed E-state index contributed by atoms with van der Waals surface area (Å²) in [6, 6.07) is -1.03. The summed E-state index contributed by atoms with van der Waals surface area (Å²) in [7, 11) is 1.31. The largest absolute Gasteiger partial charge is 0.394 e. The lowest BCUT2D eigenvalue weighted by Gasteiger charge is -2.39. The van der Waals surface area contributed by atoms with E-state index in [0.29, 0.717) is 0 Å². The summed E-state index contributed by atoms with van der Waals surface area (Å²) in [5.74, 6) is 0. The standard InChI is InChI=1S/C7H13N3O5/c1-14-7-4(9-10-8)6(13)5(12)3(2-11)15-7/h3-7,11-13H,2H2,1H3/t3-,4+,5+,6-,7-/m1/s1. The number of ether oxygens (including phenoxy) is 2. The molecule has 0 unspecified atom stereocenters. The Morgan fingerprint density at radius 3 is 2.60 bits per heavy atom. The van der Waals surface area contributed by atoms with Crippen LogP contribution in [0.2, 0.25) is 0 Å². The molecule has 0 amide bonds. The van der Waals surface area contributed by atoms with Crippen LogP contribution in [0.4, 0.5) is 0 Å². The van der Waals surface area contributed by atoms with Crippen molar-refractivity contribution in [1.82, 2.24) is 0 Å². The summed E-state index contributed by atoms with van der Waals surface area (Å²) in [6.45, 7) is -0.457. The van der Waals surface area contributed by atoms with E-state index in [4.69, 9.17) is 20.1 Å². The highest BCUT2D eigenvalue weighted by Crippen LogP contribution is 2.23. The lowest BCUT2D eigenvalue weighted by Crippen LogP contribution is -2.58. The number of hydrogen-bond acceptors (Lipinski definition) is 6. The molecule has 0 aliphatic carbocycles. The fourth-order valence-electron chi connectivity index (χ4n) is 1.44. The van der Waals surface area contributed by atoms with Crippen LogP contribution in [-0.4, -0.2) is 59.7 Å². The molecular weight excluding hydrogens is 206 g/mol. The highest BCUT2D eigenvalue weighted by atomic mass is 16.7. The molecular formula is C7H13N3O5. The van der Waals surface area contributed by atoms with Gasteiger partial charge < -0.3 is 24.8 Å². The van der Waals surface area contributed by atoms with Crippen molar-refractivity contribution < 1.29 is 24.8 Å². The van der Waals surface area contributed by atoms with Crippen LogP contribution in [0.1, 0.15) is 0 Å². The first-order valence-electron chi connectivity index (χ1n) is 4.35. The molecule has 3 N–H and O–H groups in total. The molecule has 0 aromatic rings. The van der Waals surface area contributed by atoms with Gasteiger partial charge in [-0.1, -0.05) is 5.11 Å². The summed E-state index contributed by atoms with van der Waals surface area (Å²) >= 11 is 0. The van der Waals surface area contributed by atoms with Gasteiger partial charge in [-0.3, -0.25) is 0 Å². The lowest BCUT2D eigenvalue weighted by atomic mass is 9.98. The van der Waals surface area contributed by atoms with Crippen LogP contribution in [0, 0.1) is 0 Å². The van der Waals surface area contributed by atoms with Gasteiger partial charge in [-0.15, -0.1) is 0 Å². The van der Waals surface area contributed by atoms with E-state index >= 15 is 0 Å². The summed E-state index contributed by atoms with van der Waals surface area (Å²) in [5.41, 5.74) is 8.26. The summed E-state index contributed by atoms with van der Waals surface area (Å²) < 4.78 is 9.92. The Kier molecular flexibility index (Phi) is 4.28. The predicted molar refractivity (Wildman–Crippen MR) is 47.7 cm³/mol. The van der Waals surface area contributed by atoms with Gasteiger partial charge in [0.05, 0.1) is 12.7 Å². The highest BCUT2D eigenvalue weighted by Gasteiger charge is 2.43. The molecule has 15 heavy (non-hydrogen) atoms. The smallest absolute Gasteiger partial charge is 0.168 e. The lowest BCUT2D eigenvalue weighted by molar-refractivity contribution is -0.257. The fraction of sp³-hybridized carbons (Fsp3) is 1.00. The van der Waals surface area contributed by atoms with Gasteiger partial charge >= 0.3 is 0 Å². The molecule has 8 nitrogen and oxygen atoms in total. The third-order valence-electron chi connectivity index (χ3n) is 2.27. The fourth-order valence-corrected chi connectivity index (χ4v) is 1.44. The van der Waals surface area contributed by atoms with Crippen LogP contribution < -0.4 is 0 Å². The van der Waals surface area contributed by atoms with Crippen LogP contribution in [0.3, 0.4) is 0 Å². The van der Waals surface area contributed by atoms with E-state index in [1.54, 1.807) is 0 Å². The minimum absolute atomic E-state index is 0.457. The second kappa shape index (κ2) is 5.26. The molecule has 86 valence electrons. The number of nitrogens with zero attached hydrogens (tertiary/aromatic N) is 3. The van der Waals surface area contributed by atoms with Crippen LogP contribution in [0.15, 0.2) is 5.11 Å². The van der Waals surface area contributed by atoms with Crippen LogP contribution in [0.5, 0.6) is 0 Å². The Morgan fingerprint density at radius 1 is 1.47 bits per heavy atom. The van der Waals surface area contributed by atoms with Crippen molar-refractivity contribution in [3.63, 3.8) is 0 Å². The Labute approximate surface area is 85.7 Å². The van der Waals surface area contributed by atoms with Gasteiger partial charge in [-0.25, -0.2) is 0 Å². The third kappa shape index (κ3) is 2.37. The summed E-state index contributed by atoms with van der Waals surface area (Å²) in [5, 5.41) is 31.2. The molecule has 1 fully saturated rings. The highest BCUT2D eigenvalue weighted by molar-refractivity contribution is 4.93. The number of methoxy groups -OCH3 is 1. The van der Waals surface area contributed by atoms with Crippen LogP contribution >= 0.6 is 0 Å². The first kappa shape index (κ1) is 12.2. The van der Waals surface area contributed by atoms with Crippen molar-refractivity contribution >= 4 is 0 Å². The van der Waals surface area contributed by atoms with Crippen molar-refractivity contribution in [3.8, 4) is 0 Å². The number of hydrogen-bond donors (Lipinski definition) is 3. The Morgan fingerprint density at radius 2 is 2.13 bits per heavy atom. The molecule has 0 radical (unpaired) electrons. The number of rotatable bonds is 3. The van der Waals surface area contributed by atoms with Crippen LogP contribution in [-0.2, 0) is 9.47 Å². The Bertz CT molecular complexity index is 255. The van der Waals surface area contributed by atoms with Crippen LogP contribution in [0.25, 0.3) is 10.4 Å². The predicted octanol–water partition coefficient (Wildman–Crippen LogP) is -1.25. The van der Waals surface area contributed by atoms with Gasteiger partial charge in [0.1, 0.15) is 18.2 Å². The van der Waals surface area contributed by atoms with E-state index in [1.807, 2.05) is 0 Å². The van der Waals surface area contributed by atoms with E-state index in [-0.39, 0.29) is 0 Å². The maximum absolute atomic E-state index is 9.59. The van der Waals surface area contributed by atoms with Crippen molar-refractivity contribution in [2.24, 2.45) is 5.11 Å². The normalized spacial score (nSPS) is 40.9. The molecule has 5 atom stereocenters. The van der Waals surface area contributed by atoms with E-state index in [2.05, 4.69) is 10.0 Å². The van der Waals surface area contributed by atoms with Gasteiger partial charge in [0, 0.05) is 12.0 Å². The van der Waals surface area contributed by atoms with Gasteiger partial charge in [-0.05, 0) is 5.53 Å². The Balaban J connectivity index is 2.83. The molecule has 1 aliphatic heterocycles. The van der Waals surface area contributed by atoms with E-state index in [1.165, 1.54) is 7.11 Å². The van der Waals surface area contributed by atoms with E-state index < -0.39 is 37.3 Å². The SMILES string of the molecule is CO[C@@H]1O[C@H](CO)[C@H](O)[C@H](O)[C@@H]1N=[N+]=[N-]. The van der Waals surface area contributed by atoms with Gasteiger partial charge in [0.2, 0.25) is 0 Å². The third-order valence-corrected chi connectivity index (χ3v) is 2.27. The van der Waals surface area contributed by atoms with Crippen molar-refractivity contribution in [1.29, 1.82) is 0 Å². The molecule has 1 heterocycles. The molecule has 0 aromatic carbocycles. The van der Waals surface area contributed by atoms with Crippen molar-refractivity contribution in [2.75, 3.05) is 13.7 Å². The second-order valence-corrected chi connectivity index (χ2v) is 3.14. The number of aliphatic hydroxyl groups is 3. The van der Waals surface area contributed by atoms with Gasteiger partial charge in [0.25, 0.3) is 0 Å². The monoisotopic (exact) mass is 219 g/mol. The zero-order valence-corrected chi connectivity index (χ0v) is 8.09. The number of aliphatic hydroxyl groups excluding tert-OH is 3. The minimum Gasteiger partial charge on any atom is -0.394 e. The molecule has 0 bridgehead atoms. The summed E-state index contributed by atoms with van der Waals surface area (Å²) in [6.07, 6.45) is -4.56. The topological polar surface area (TPSA) is 128 Å². The zero-order chi connectivity index (χ0) is 11.4. The molecule has 0 aromatic heterocycles. The summed E-state index contributed by atoms with van der Waals surface area (Å²) in [4.78, 5) is 2.52. The minimum atomic E-state index is -1.32. The quantitative estimate of drug-likeness (QED) is 0.310. The Hall–Kier alpha value is -0.890. The average Bonchev–Trinajstić information content (AvgIpc) is 2.25. The molecule has 8 heteroatoms. The molecule has 1 saturated heterocycles. The first-order valence-corrected chi connectivity index (χ1v) is 4.35. The maximum Gasteiger partial charge on any atom is 0.168 e. The average molecular weight is 219 g/mol. The second-order valence-electron chi connectivity index (χ2n) is 3.14. The van der Waals surface area contributed by atoms with Gasteiger partial charge in [0.15, 0.2) is 6.29 Å². The zero-order valence-electron chi connectivity index (χ0n) is 8.09. The first-order chi connectivity index (χ1) is 7.15. The molecule has 0 spiro atoms. The molecule has 1 aliphatic rings. The van der Waals surface area contributed by atoms with E-state index in [9.17, 15) is 10.2 Å². The van der Waals surface area contributed by atoms with E-state index in [0.717, 1.165) is 0 Å².